The zero-order valence-corrected chi connectivity index (χ0v) is 12.7. The summed E-state index contributed by atoms with van der Waals surface area (Å²) in [4.78, 5) is 0. The molecule has 1 aromatic rings. The average Bonchev–Trinajstić information content (AvgIpc) is 3.17. The molecule has 19 heavy (non-hydrogen) atoms. The third-order valence-electron chi connectivity index (χ3n) is 3.35. The standard InChI is InChI=1S/C16H24ClNO/c1-12(2)4-3-9-19-16-8-5-13(10-15(16)17)11-18-14-6-7-14/h5,8,10,12,14,18H,3-4,6-7,9,11H2,1-2H3. The van der Waals surface area contributed by atoms with Gasteiger partial charge in [0, 0.05) is 12.6 Å². The summed E-state index contributed by atoms with van der Waals surface area (Å²) in [5.74, 6) is 1.54. The lowest BCUT2D eigenvalue weighted by Crippen LogP contribution is -2.15. The Balaban J connectivity index is 1.77. The second-order valence-electron chi connectivity index (χ2n) is 5.80. The molecule has 0 heterocycles. The van der Waals surface area contributed by atoms with Crippen LogP contribution in [0.15, 0.2) is 18.2 Å². The lowest BCUT2D eigenvalue weighted by atomic mass is 10.1. The molecular formula is C16H24ClNO. The van der Waals surface area contributed by atoms with Crippen molar-refractivity contribution in [2.75, 3.05) is 6.61 Å². The number of ether oxygens (including phenoxy) is 1. The van der Waals surface area contributed by atoms with Gasteiger partial charge in [-0.05, 0) is 49.3 Å². The summed E-state index contributed by atoms with van der Waals surface area (Å²) < 4.78 is 5.73. The smallest absolute Gasteiger partial charge is 0.137 e. The lowest BCUT2D eigenvalue weighted by molar-refractivity contribution is 0.298. The van der Waals surface area contributed by atoms with Gasteiger partial charge in [0.05, 0.1) is 11.6 Å². The van der Waals surface area contributed by atoms with Crippen molar-refractivity contribution in [3.8, 4) is 5.75 Å². The van der Waals surface area contributed by atoms with E-state index in [0.29, 0.717) is 0 Å². The first-order valence-corrected chi connectivity index (χ1v) is 7.67. The zero-order valence-electron chi connectivity index (χ0n) is 11.9. The van der Waals surface area contributed by atoms with Gasteiger partial charge in [-0.25, -0.2) is 0 Å². The molecule has 3 heteroatoms. The van der Waals surface area contributed by atoms with E-state index in [9.17, 15) is 0 Å². The fourth-order valence-corrected chi connectivity index (χ4v) is 2.25. The van der Waals surface area contributed by atoms with Gasteiger partial charge in [0.25, 0.3) is 0 Å². The molecule has 0 amide bonds. The van der Waals surface area contributed by atoms with E-state index in [1.165, 1.54) is 24.8 Å². The Morgan fingerprint density at radius 2 is 2.16 bits per heavy atom. The van der Waals surface area contributed by atoms with Crippen molar-refractivity contribution in [1.29, 1.82) is 0 Å². The second kappa shape index (κ2) is 7.16. The van der Waals surface area contributed by atoms with Crippen molar-refractivity contribution < 1.29 is 4.74 Å². The van der Waals surface area contributed by atoms with Gasteiger partial charge in [-0.1, -0.05) is 31.5 Å². The molecule has 2 rings (SSSR count). The van der Waals surface area contributed by atoms with Crippen LogP contribution in [0.3, 0.4) is 0 Å². The predicted molar refractivity (Wildman–Crippen MR) is 80.9 cm³/mol. The highest BCUT2D eigenvalue weighted by Crippen LogP contribution is 2.26. The van der Waals surface area contributed by atoms with E-state index in [4.69, 9.17) is 16.3 Å². The van der Waals surface area contributed by atoms with E-state index in [-0.39, 0.29) is 0 Å². The second-order valence-corrected chi connectivity index (χ2v) is 6.21. The molecule has 1 N–H and O–H groups in total. The van der Waals surface area contributed by atoms with E-state index >= 15 is 0 Å². The first kappa shape index (κ1) is 14.7. The van der Waals surface area contributed by atoms with Crippen molar-refractivity contribution in [3.05, 3.63) is 28.8 Å². The molecule has 0 aromatic heterocycles. The normalized spacial score (nSPS) is 14.9. The highest BCUT2D eigenvalue weighted by molar-refractivity contribution is 6.32. The number of benzene rings is 1. The first-order chi connectivity index (χ1) is 9.15. The van der Waals surface area contributed by atoms with Gasteiger partial charge in [-0.2, -0.15) is 0 Å². The molecule has 0 radical (unpaired) electrons. The van der Waals surface area contributed by atoms with Crippen LogP contribution in [0.5, 0.6) is 5.75 Å². The van der Waals surface area contributed by atoms with Crippen LogP contribution >= 0.6 is 11.6 Å². The van der Waals surface area contributed by atoms with Gasteiger partial charge in [0.1, 0.15) is 5.75 Å². The van der Waals surface area contributed by atoms with Gasteiger partial charge in [0.2, 0.25) is 0 Å². The molecule has 0 spiro atoms. The Bertz CT molecular complexity index is 402. The van der Waals surface area contributed by atoms with Gasteiger partial charge in [-0.15, -0.1) is 0 Å². The fourth-order valence-electron chi connectivity index (χ4n) is 1.99. The third-order valence-corrected chi connectivity index (χ3v) is 3.65. The Morgan fingerprint density at radius 1 is 1.37 bits per heavy atom. The maximum atomic E-state index is 6.25. The molecule has 0 bridgehead atoms. The minimum absolute atomic E-state index is 0.722. The van der Waals surface area contributed by atoms with E-state index in [0.717, 1.165) is 42.3 Å². The molecule has 0 atom stereocenters. The van der Waals surface area contributed by atoms with Crippen molar-refractivity contribution >= 4 is 11.6 Å². The Kier molecular flexibility index (Phi) is 5.53. The molecule has 1 aromatic carbocycles. The summed E-state index contributed by atoms with van der Waals surface area (Å²) in [6, 6.07) is 6.82. The molecule has 1 saturated carbocycles. The molecule has 0 saturated heterocycles. The van der Waals surface area contributed by atoms with Gasteiger partial charge < -0.3 is 10.1 Å². The summed E-state index contributed by atoms with van der Waals surface area (Å²) in [6.07, 6.45) is 4.90. The molecule has 0 aliphatic heterocycles. The van der Waals surface area contributed by atoms with Crippen LogP contribution in [0.1, 0.15) is 45.1 Å². The number of nitrogens with one attached hydrogen (secondary N) is 1. The van der Waals surface area contributed by atoms with E-state index in [1.54, 1.807) is 0 Å². The van der Waals surface area contributed by atoms with Crippen LogP contribution < -0.4 is 10.1 Å². The van der Waals surface area contributed by atoms with Crippen LogP contribution in [0, 0.1) is 5.92 Å². The Hall–Kier alpha value is -0.730. The minimum atomic E-state index is 0.722. The number of halogens is 1. The van der Waals surface area contributed by atoms with Crippen LogP contribution in [-0.2, 0) is 6.54 Å². The highest BCUT2D eigenvalue weighted by atomic mass is 35.5. The molecule has 0 unspecified atom stereocenters. The monoisotopic (exact) mass is 281 g/mol. The largest absolute Gasteiger partial charge is 0.492 e. The number of hydrogen-bond acceptors (Lipinski definition) is 2. The summed E-state index contributed by atoms with van der Waals surface area (Å²) in [5.41, 5.74) is 1.23. The van der Waals surface area contributed by atoms with E-state index < -0.39 is 0 Å². The van der Waals surface area contributed by atoms with Crippen LogP contribution in [0.4, 0.5) is 0 Å². The maximum absolute atomic E-state index is 6.25. The topological polar surface area (TPSA) is 21.3 Å². The molecule has 1 fully saturated rings. The zero-order chi connectivity index (χ0) is 13.7. The number of hydrogen-bond donors (Lipinski definition) is 1. The molecule has 2 nitrogen and oxygen atoms in total. The fraction of sp³-hybridized carbons (Fsp3) is 0.625. The van der Waals surface area contributed by atoms with Crippen molar-refractivity contribution in [1.82, 2.24) is 5.32 Å². The molecule has 106 valence electrons. The van der Waals surface area contributed by atoms with Crippen LogP contribution in [0.2, 0.25) is 5.02 Å². The van der Waals surface area contributed by atoms with Crippen molar-refractivity contribution in [2.24, 2.45) is 5.92 Å². The van der Waals surface area contributed by atoms with E-state index in [2.05, 4.69) is 25.2 Å². The quantitative estimate of drug-likeness (QED) is 0.713. The molecule has 1 aliphatic rings. The van der Waals surface area contributed by atoms with Crippen molar-refractivity contribution in [3.63, 3.8) is 0 Å². The summed E-state index contributed by atoms with van der Waals surface area (Å²) in [7, 11) is 0. The summed E-state index contributed by atoms with van der Waals surface area (Å²) >= 11 is 6.25. The van der Waals surface area contributed by atoms with E-state index in [1.807, 2.05) is 12.1 Å². The SMILES string of the molecule is CC(C)CCCOc1ccc(CNC2CC2)cc1Cl. The number of rotatable bonds is 8. The minimum Gasteiger partial charge on any atom is -0.492 e. The van der Waals surface area contributed by atoms with Gasteiger partial charge in [0.15, 0.2) is 0 Å². The Morgan fingerprint density at radius 3 is 2.79 bits per heavy atom. The van der Waals surface area contributed by atoms with Crippen LogP contribution in [-0.4, -0.2) is 12.6 Å². The maximum Gasteiger partial charge on any atom is 0.137 e. The highest BCUT2D eigenvalue weighted by Gasteiger charge is 2.19. The predicted octanol–water partition coefficient (Wildman–Crippen LogP) is 4.41. The third kappa shape index (κ3) is 5.42. The molecule has 1 aliphatic carbocycles. The Labute approximate surface area is 121 Å². The average molecular weight is 282 g/mol. The summed E-state index contributed by atoms with van der Waals surface area (Å²) in [6.45, 7) is 6.11. The van der Waals surface area contributed by atoms with Crippen molar-refractivity contribution in [2.45, 2.75) is 52.1 Å². The molecular weight excluding hydrogens is 258 g/mol. The lowest BCUT2D eigenvalue weighted by Gasteiger charge is -2.10. The summed E-state index contributed by atoms with van der Waals surface area (Å²) in [5, 5.41) is 4.21. The van der Waals surface area contributed by atoms with Gasteiger partial charge in [-0.3, -0.25) is 0 Å². The van der Waals surface area contributed by atoms with Gasteiger partial charge >= 0.3 is 0 Å². The van der Waals surface area contributed by atoms with Crippen LogP contribution in [0.25, 0.3) is 0 Å². The first-order valence-electron chi connectivity index (χ1n) is 7.30.